The van der Waals surface area contributed by atoms with Crippen LogP contribution in [-0.2, 0) is 15.9 Å². The molecule has 30 heavy (non-hydrogen) atoms. The molecule has 0 saturated heterocycles. The van der Waals surface area contributed by atoms with E-state index in [-0.39, 0.29) is 6.03 Å². The van der Waals surface area contributed by atoms with Gasteiger partial charge >= 0.3 is 6.03 Å². The van der Waals surface area contributed by atoms with E-state index in [0.717, 1.165) is 12.0 Å². The third-order valence-electron chi connectivity index (χ3n) is 4.48. The van der Waals surface area contributed by atoms with Gasteiger partial charge in [0, 0.05) is 43.6 Å². The summed E-state index contributed by atoms with van der Waals surface area (Å²) in [5.41, 5.74) is 1.74. The van der Waals surface area contributed by atoms with Gasteiger partial charge in [-0.15, -0.1) is 0 Å². The Kier molecular flexibility index (Phi) is 9.97. The van der Waals surface area contributed by atoms with Crippen molar-refractivity contribution in [3.8, 4) is 11.5 Å². The lowest BCUT2D eigenvalue weighted by atomic mass is 10.1. The van der Waals surface area contributed by atoms with Crippen molar-refractivity contribution in [1.29, 1.82) is 0 Å². The molecule has 0 atom stereocenters. The van der Waals surface area contributed by atoms with Crippen molar-refractivity contribution in [2.45, 2.75) is 26.6 Å². The predicted octanol–water partition coefficient (Wildman–Crippen LogP) is 4.18. The van der Waals surface area contributed by atoms with Crippen LogP contribution in [0.2, 0.25) is 0 Å². The minimum absolute atomic E-state index is 0.245. The monoisotopic (exact) mass is 416 g/mol. The van der Waals surface area contributed by atoms with Gasteiger partial charge in [-0.25, -0.2) is 4.79 Å². The zero-order valence-electron chi connectivity index (χ0n) is 18.2. The van der Waals surface area contributed by atoms with Gasteiger partial charge in [0.1, 0.15) is 11.5 Å². The van der Waals surface area contributed by atoms with Crippen LogP contribution < -0.4 is 14.8 Å². The second kappa shape index (κ2) is 12.7. The second-order valence-corrected chi connectivity index (χ2v) is 6.55. The molecule has 0 radical (unpaired) electrons. The Morgan fingerprint density at radius 1 is 0.967 bits per heavy atom. The van der Waals surface area contributed by atoms with Crippen molar-refractivity contribution in [3.63, 3.8) is 0 Å². The lowest BCUT2D eigenvalue weighted by molar-refractivity contribution is -0.142. The summed E-state index contributed by atoms with van der Waals surface area (Å²) in [6.07, 6.45) is 0.238. The topological polar surface area (TPSA) is 69.3 Å². The van der Waals surface area contributed by atoms with Crippen molar-refractivity contribution in [3.05, 3.63) is 54.1 Å². The Bertz CT molecular complexity index is 741. The first kappa shape index (κ1) is 23.5. The van der Waals surface area contributed by atoms with Gasteiger partial charge in [-0.05, 0) is 25.8 Å². The number of nitrogens with one attached hydrogen (secondary N) is 1. The number of hydrogen-bond donors (Lipinski definition) is 1. The van der Waals surface area contributed by atoms with Crippen LogP contribution in [0.15, 0.2) is 48.5 Å². The molecule has 2 rings (SSSR count). The maximum Gasteiger partial charge on any atom is 0.322 e. The number of nitrogens with zero attached hydrogens (tertiary/aromatic N) is 1. The van der Waals surface area contributed by atoms with Crippen molar-refractivity contribution >= 4 is 11.7 Å². The van der Waals surface area contributed by atoms with Crippen LogP contribution >= 0.6 is 0 Å². The molecule has 7 nitrogen and oxygen atoms in total. The average Bonchev–Trinajstić information content (AvgIpc) is 2.77. The third-order valence-corrected chi connectivity index (χ3v) is 4.48. The molecule has 0 heterocycles. The van der Waals surface area contributed by atoms with Crippen LogP contribution in [-0.4, -0.2) is 57.7 Å². The Balaban J connectivity index is 2.15. The van der Waals surface area contributed by atoms with Gasteiger partial charge in [0.25, 0.3) is 0 Å². The Morgan fingerprint density at radius 2 is 1.57 bits per heavy atom. The molecule has 2 aromatic rings. The molecule has 0 aliphatic heterocycles. The number of hydrogen-bond acceptors (Lipinski definition) is 5. The van der Waals surface area contributed by atoms with Crippen molar-refractivity contribution in [2.24, 2.45) is 0 Å². The highest BCUT2D eigenvalue weighted by atomic mass is 16.7. The minimum atomic E-state index is -0.485. The van der Waals surface area contributed by atoms with E-state index in [1.165, 1.54) is 0 Å². The minimum Gasteiger partial charge on any atom is -0.497 e. The van der Waals surface area contributed by atoms with E-state index < -0.39 is 6.29 Å². The SMILES string of the molecule is CCOC(CN(CCc1ccccc1)C(=O)Nc1cc(OC)cc(OC)c1)OCC. The Hall–Kier alpha value is -2.77. The van der Waals surface area contributed by atoms with E-state index in [0.29, 0.717) is 43.5 Å². The average molecular weight is 417 g/mol. The van der Waals surface area contributed by atoms with Crippen LogP contribution in [0.25, 0.3) is 0 Å². The van der Waals surface area contributed by atoms with Gasteiger partial charge in [-0.1, -0.05) is 30.3 Å². The van der Waals surface area contributed by atoms with E-state index in [4.69, 9.17) is 18.9 Å². The van der Waals surface area contributed by atoms with Gasteiger partial charge in [0.15, 0.2) is 6.29 Å². The summed E-state index contributed by atoms with van der Waals surface area (Å²) < 4.78 is 21.9. The summed E-state index contributed by atoms with van der Waals surface area (Å²) in [7, 11) is 3.14. The molecule has 2 amide bonds. The molecule has 0 aliphatic carbocycles. The number of benzene rings is 2. The highest BCUT2D eigenvalue weighted by molar-refractivity contribution is 5.89. The Labute approximate surface area is 178 Å². The summed E-state index contributed by atoms with van der Waals surface area (Å²) in [5, 5.41) is 2.93. The third kappa shape index (κ3) is 7.57. The number of ether oxygens (including phenoxy) is 4. The summed E-state index contributed by atoms with van der Waals surface area (Å²) >= 11 is 0. The van der Waals surface area contributed by atoms with Gasteiger partial charge < -0.3 is 29.2 Å². The summed E-state index contributed by atoms with van der Waals surface area (Å²) in [5.74, 6) is 1.20. The molecule has 164 valence electrons. The molecule has 1 N–H and O–H groups in total. The van der Waals surface area contributed by atoms with Crippen LogP contribution in [0.3, 0.4) is 0 Å². The van der Waals surface area contributed by atoms with E-state index in [2.05, 4.69) is 5.32 Å². The number of carbonyl (C=O) groups is 1. The number of methoxy groups -OCH3 is 2. The lowest BCUT2D eigenvalue weighted by Gasteiger charge is -2.28. The highest BCUT2D eigenvalue weighted by Gasteiger charge is 2.20. The van der Waals surface area contributed by atoms with Crippen LogP contribution in [0, 0.1) is 0 Å². The van der Waals surface area contributed by atoms with Gasteiger partial charge in [-0.3, -0.25) is 0 Å². The second-order valence-electron chi connectivity index (χ2n) is 6.55. The molecule has 0 aliphatic rings. The van der Waals surface area contributed by atoms with Crippen molar-refractivity contribution in [1.82, 2.24) is 4.90 Å². The van der Waals surface area contributed by atoms with Crippen LogP contribution in [0.5, 0.6) is 11.5 Å². The summed E-state index contributed by atoms with van der Waals surface area (Å²) in [4.78, 5) is 14.8. The largest absolute Gasteiger partial charge is 0.497 e. The number of carbonyl (C=O) groups excluding carboxylic acids is 1. The summed E-state index contributed by atoms with van der Waals surface area (Å²) in [6, 6.07) is 15.1. The molecular formula is C23H32N2O5. The zero-order chi connectivity index (χ0) is 21.8. The number of rotatable bonds is 12. The molecular weight excluding hydrogens is 384 g/mol. The summed E-state index contributed by atoms with van der Waals surface area (Å²) in [6.45, 7) is 5.67. The highest BCUT2D eigenvalue weighted by Crippen LogP contribution is 2.26. The van der Waals surface area contributed by atoms with Gasteiger partial charge in [0.05, 0.1) is 20.8 Å². The van der Waals surface area contributed by atoms with Crippen molar-refractivity contribution < 1.29 is 23.7 Å². The number of amides is 2. The molecule has 0 spiro atoms. The standard InChI is InChI=1S/C23H32N2O5/c1-5-29-22(30-6-2)17-25(13-12-18-10-8-7-9-11-18)23(26)24-19-14-20(27-3)16-21(15-19)28-4/h7-11,14-16,22H,5-6,12-13,17H2,1-4H3,(H,24,26). The van der Waals surface area contributed by atoms with Gasteiger partial charge in [0.2, 0.25) is 0 Å². The van der Waals surface area contributed by atoms with E-state index in [9.17, 15) is 4.79 Å². The van der Waals surface area contributed by atoms with E-state index in [1.807, 2.05) is 44.2 Å². The molecule has 0 saturated carbocycles. The fraction of sp³-hybridized carbons (Fsp3) is 0.435. The molecule has 0 fully saturated rings. The molecule has 2 aromatic carbocycles. The maximum atomic E-state index is 13.1. The van der Waals surface area contributed by atoms with Crippen molar-refractivity contribution in [2.75, 3.05) is 45.8 Å². The fourth-order valence-electron chi connectivity index (χ4n) is 2.97. The van der Waals surface area contributed by atoms with Gasteiger partial charge in [-0.2, -0.15) is 0 Å². The quantitative estimate of drug-likeness (QED) is 0.526. The first-order valence-electron chi connectivity index (χ1n) is 10.2. The predicted molar refractivity (Wildman–Crippen MR) is 117 cm³/mol. The lowest BCUT2D eigenvalue weighted by Crippen LogP contribution is -2.43. The number of urea groups is 1. The molecule has 7 heteroatoms. The molecule has 0 unspecified atom stereocenters. The van der Waals surface area contributed by atoms with Crippen LogP contribution in [0.1, 0.15) is 19.4 Å². The fourth-order valence-corrected chi connectivity index (χ4v) is 2.97. The first-order valence-corrected chi connectivity index (χ1v) is 10.2. The zero-order valence-corrected chi connectivity index (χ0v) is 18.2. The van der Waals surface area contributed by atoms with Crippen LogP contribution in [0.4, 0.5) is 10.5 Å². The smallest absolute Gasteiger partial charge is 0.322 e. The first-order chi connectivity index (χ1) is 14.6. The van der Waals surface area contributed by atoms with E-state index >= 15 is 0 Å². The Morgan fingerprint density at radius 3 is 2.10 bits per heavy atom. The molecule has 0 aromatic heterocycles. The molecule has 0 bridgehead atoms. The van der Waals surface area contributed by atoms with E-state index in [1.54, 1.807) is 37.3 Å². The normalized spacial score (nSPS) is 10.7. The maximum absolute atomic E-state index is 13.1. The number of anilines is 1.